The SMILES string of the molecule is Cc1cc(=O)oc2cc(OCC(=O)c3cc(C)n(C)c3C)ccc12. The Kier molecular flexibility index (Phi) is 4.01. The zero-order valence-electron chi connectivity index (χ0n) is 14.2. The molecule has 0 aliphatic rings. The summed E-state index contributed by atoms with van der Waals surface area (Å²) < 4.78 is 12.8. The highest BCUT2D eigenvalue weighted by Crippen LogP contribution is 2.22. The number of nitrogens with zero attached hydrogens (tertiary/aromatic N) is 1. The minimum absolute atomic E-state index is 0.0636. The van der Waals surface area contributed by atoms with E-state index in [1.807, 2.05) is 44.5 Å². The van der Waals surface area contributed by atoms with Gasteiger partial charge >= 0.3 is 5.63 Å². The molecule has 0 atom stereocenters. The van der Waals surface area contributed by atoms with Gasteiger partial charge in [-0.15, -0.1) is 0 Å². The molecule has 0 amide bonds. The summed E-state index contributed by atoms with van der Waals surface area (Å²) in [6.45, 7) is 5.65. The molecule has 24 heavy (non-hydrogen) atoms. The lowest BCUT2D eigenvalue weighted by Crippen LogP contribution is -2.12. The lowest BCUT2D eigenvalue weighted by Gasteiger charge is -2.07. The summed E-state index contributed by atoms with van der Waals surface area (Å²) >= 11 is 0. The standard InChI is InChI=1S/C19H19NO4/c1-11-7-19(22)24-18-9-14(5-6-15(11)18)23-10-17(21)16-8-12(2)20(4)13(16)3/h5-9H,10H2,1-4H3. The molecule has 0 spiro atoms. The van der Waals surface area contributed by atoms with Gasteiger partial charge in [0.1, 0.15) is 11.3 Å². The molecule has 0 saturated carbocycles. The molecular formula is C19H19NO4. The van der Waals surface area contributed by atoms with Crippen molar-refractivity contribution in [2.45, 2.75) is 20.8 Å². The Morgan fingerprint density at radius 1 is 1.17 bits per heavy atom. The van der Waals surface area contributed by atoms with E-state index in [0.29, 0.717) is 16.9 Å². The normalized spacial score (nSPS) is 11.0. The van der Waals surface area contributed by atoms with Crippen LogP contribution < -0.4 is 10.4 Å². The summed E-state index contributed by atoms with van der Waals surface area (Å²) in [4.78, 5) is 23.8. The number of rotatable bonds is 4. The maximum absolute atomic E-state index is 12.4. The van der Waals surface area contributed by atoms with Crippen molar-refractivity contribution in [3.05, 3.63) is 63.3 Å². The van der Waals surface area contributed by atoms with E-state index in [-0.39, 0.29) is 12.4 Å². The predicted octanol–water partition coefficient (Wildman–Crippen LogP) is 3.32. The van der Waals surface area contributed by atoms with Crippen LogP contribution in [0.4, 0.5) is 0 Å². The van der Waals surface area contributed by atoms with Gasteiger partial charge in [0.15, 0.2) is 6.61 Å². The molecule has 2 heterocycles. The van der Waals surface area contributed by atoms with E-state index in [1.165, 1.54) is 6.07 Å². The van der Waals surface area contributed by atoms with Crippen molar-refractivity contribution in [2.24, 2.45) is 7.05 Å². The van der Waals surface area contributed by atoms with Gasteiger partial charge < -0.3 is 13.7 Å². The molecule has 0 radical (unpaired) electrons. The Labute approximate surface area is 139 Å². The van der Waals surface area contributed by atoms with Gasteiger partial charge in [-0.25, -0.2) is 4.79 Å². The molecule has 0 unspecified atom stereocenters. The first-order valence-corrected chi connectivity index (χ1v) is 7.70. The van der Waals surface area contributed by atoms with Crippen molar-refractivity contribution in [1.82, 2.24) is 4.57 Å². The van der Waals surface area contributed by atoms with Crippen LogP contribution in [0, 0.1) is 20.8 Å². The number of benzene rings is 1. The predicted molar refractivity (Wildman–Crippen MR) is 91.9 cm³/mol. The molecule has 0 fully saturated rings. The fourth-order valence-electron chi connectivity index (χ4n) is 2.76. The Balaban J connectivity index is 1.81. The number of carbonyl (C=O) groups is 1. The van der Waals surface area contributed by atoms with E-state index in [2.05, 4.69) is 0 Å². The Morgan fingerprint density at radius 3 is 2.58 bits per heavy atom. The molecular weight excluding hydrogens is 306 g/mol. The fourth-order valence-corrected chi connectivity index (χ4v) is 2.76. The zero-order valence-corrected chi connectivity index (χ0v) is 14.2. The van der Waals surface area contributed by atoms with Crippen molar-refractivity contribution >= 4 is 16.8 Å². The molecule has 1 aromatic carbocycles. The maximum Gasteiger partial charge on any atom is 0.336 e. The minimum atomic E-state index is -0.399. The molecule has 3 aromatic rings. The number of fused-ring (bicyclic) bond motifs is 1. The summed E-state index contributed by atoms with van der Waals surface area (Å²) in [6, 6.07) is 8.55. The summed E-state index contributed by atoms with van der Waals surface area (Å²) in [6.07, 6.45) is 0. The van der Waals surface area contributed by atoms with Gasteiger partial charge in [0.2, 0.25) is 5.78 Å². The van der Waals surface area contributed by atoms with E-state index in [0.717, 1.165) is 22.3 Å². The van der Waals surface area contributed by atoms with Gasteiger partial charge in [-0.1, -0.05) is 0 Å². The lowest BCUT2D eigenvalue weighted by atomic mass is 10.1. The van der Waals surface area contributed by atoms with Gasteiger partial charge in [-0.3, -0.25) is 4.79 Å². The third kappa shape index (κ3) is 2.85. The first-order valence-electron chi connectivity index (χ1n) is 7.70. The number of Topliss-reactive ketones (excluding diaryl/α,β-unsaturated/α-hetero) is 1. The fraction of sp³-hybridized carbons (Fsp3) is 0.263. The minimum Gasteiger partial charge on any atom is -0.485 e. The largest absolute Gasteiger partial charge is 0.485 e. The Morgan fingerprint density at radius 2 is 1.92 bits per heavy atom. The molecule has 3 rings (SSSR count). The molecule has 5 heteroatoms. The molecule has 124 valence electrons. The number of ketones is 1. The van der Waals surface area contributed by atoms with E-state index in [4.69, 9.17) is 9.15 Å². The van der Waals surface area contributed by atoms with Crippen LogP contribution in [-0.2, 0) is 7.05 Å². The van der Waals surface area contributed by atoms with Crippen LogP contribution >= 0.6 is 0 Å². The molecule has 5 nitrogen and oxygen atoms in total. The Hall–Kier alpha value is -2.82. The lowest BCUT2D eigenvalue weighted by molar-refractivity contribution is 0.0921. The van der Waals surface area contributed by atoms with Crippen molar-refractivity contribution in [2.75, 3.05) is 6.61 Å². The van der Waals surface area contributed by atoms with E-state index in [1.54, 1.807) is 12.1 Å². The van der Waals surface area contributed by atoms with E-state index >= 15 is 0 Å². The Bertz CT molecular complexity index is 995. The van der Waals surface area contributed by atoms with Crippen molar-refractivity contribution in [3.63, 3.8) is 0 Å². The van der Waals surface area contributed by atoms with Crippen LogP contribution in [-0.4, -0.2) is 17.0 Å². The van der Waals surface area contributed by atoms with Crippen molar-refractivity contribution in [1.29, 1.82) is 0 Å². The number of aryl methyl sites for hydroxylation is 2. The molecule has 0 N–H and O–H groups in total. The highest BCUT2D eigenvalue weighted by Gasteiger charge is 2.15. The van der Waals surface area contributed by atoms with E-state index < -0.39 is 5.63 Å². The van der Waals surface area contributed by atoms with Crippen LogP contribution in [0.25, 0.3) is 11.0 Å². The quantitative estimate of drug-likeness (QED) is 0.545. The van der Waals surface area contributed by atoms with Crippen LogP contribution in [0.2, 0.25) is 0 Å². The van der Waals surface area contributed by atoms with Gasteiger partial charge in [0, 0.05) is 41.5 Å². The van der Waals surface area contributed by atoms with Gasteiger partial charge in [0.05, 0.1) is 0 Å². The average molecular weight is 325 g/mol. The smallest absolute Gasteiger partial charge is 0.336 e. The van der Waals surface area contributed by atoms with Crippen molar-refractivity contribution in [3.8, 4) is 5.75 Å². The van der Waals surface area contributed by atoms with Crippen LogP contribution in [0.3, 0.4) is 0 Å². The van der Waals surface area contributed by atoms with E-state index in [9.17, 15) is 9.59 Å². The highest BCUT2D eigenvalue weighted by atomic mass is 16.5. The summed E-state index contributed by atoms with van der Waals surface area (Å²) in [5, 5.41) is 0.850. The molecule has 2 aromatic heterocycles. The average Bonchev–Trinajstić information content (AvgIpc) is 2.79. The number of carbonyl (C=O) groups excluding carboxylic acids is 1. The second kappa shape index (κ2) is 6.00. The molecule has 0 saturated heterocycles. The van der Waals surface area contributed by atoms with Gasteiger partial charge in [-0.05, 0) is 44.5 Å². The summed E-state index contributed by atoms with van der Waals surface area (Å²) in [5.74, 6) is 0.414. The highest BCUT2D eigenvalue weighted by molar-refractivity contribution is 5.98. The monoisotopic (exact) mass is 325 g/mol. The zero-order chi connectivity index (χ0) is 17.4. The van der Waals surface area contributed by atoms with Crippen LogP contribution in [0.1, 0.15) is 27.3 Å². The van der Waals surface area contributed by atoms with Gasteiger partial charge in [-0.2, -0.15) is 0 Å². The molecule has 0 aliphatic heterocycles. The molecule has 0 aliphatic carbocycles. The number of aromatic nitrogens is 1. The molecule has 0 bridgehead atoms. The second-order valence-corrected chi connectivity index (χ2v) is 5.96. The van der Waals surface area contributed by atoms with Crippen molar-refractivity contribution < 1.29 is 13.9 Å². The van der Waals surface area contributed by atoms with Crippen LogP contribution in [0.15, 0.2) is 39.5 Å². The third-order valence-electron chi connectivity index (χ3n) is 4.37. The number of hydrogen-bond acceptors (Lipinski definition) is 4. The summed E-state index contributed by atoms with van der Waals surface area (Å²) in [5.41, 5.74) is 3.51. The first kappa shape index (κ1) is 16.1. The second-order valence-electron chi connectivity index (χ2n) is 5.96. The first-order chi connectivity index (χ1) is 11.4. The van der Waals surface area contributed by atoms with Gasteiger partial charge in [0.25, 0.3) is 0 Å². The topological polar surface area (TPSA) is 61.4 Å². The van der Waals surface area contributed by atoms with Crippen LogP contribution in [0.5, 0.6) is 5.75 Å². The number of ether oxygens (including phenoxy) is 1. The number of hydrogen-bond donors (Lipinski definition) is 0. The third-order valence-corrected chi connectivity index (χ3v) is 4.37. The summed E-state index contributed by atoms with van der Waals surface area (Å²) in [7, 11) is 1.93. The maximum atomic E-state index is 12.4.